The highest BCUT2D eigenvalue weighted by Gasteiger charge is 2.50. The van der Waals surface area contributed by atoms with Crippen molar-refractivity contribution in [2.24, 2.45) is 23.7 Å². The average Bonchev–Trinajstić information content (AvgIpc) is 1.64. The Bertz CT molecular complexity index is 3650. The summed E-state index contributed by atoms with van der Waals surface area (Å²) in [6.45, 7) is 9.84. The molecule has 3 aliphatic heterocycles. The lowest BCUT2D eigenvalue weighted by atomic mass is 9.99. The van der Waals surface area contributed by atoms with Crippen molar-refractivity contribution in [2.75, 3.05) is 40.1 Å². The van der Waals surface area contributed by atoms with E-state index in [1.807, 2.05) is 42.5 Å². The number of aryl methyl sites for hydroxylation is 4. The van der Waals surface area contributed by atoms with Gasteiger partial charge in [-0.15, -0.1) is 6.58 Å². The molecule has 4 atom stereocenters. The molecule has 0 bridgehead atoms. The zero-order valence-electron chi connectivity index (χ0n) is 50.4. The number of phenols is 3. The molecule has 0 spiro atoms. The quantitative estimate of drug-likeness (QED) is 0.0389. The first-order chi connectivity index (χ1) is 44.2. The van der Waals surface area contributed by atoms with Gasteiger partial charge in [-0.05, 0) is 165 Å². The van der Waals surface area contributed by atoms with Crippen molar-refractivity contribution in [3.63, 3.8) is 0 Å². The van der Waals surface area contributed by atoms with Gasteiger partial charge in [-0.1, -0.05) is 161 Å². The number of para-hydroxylation sites is 5. The normalized spacial score (nSPS) is 16.3. The van der Waals surface area contributed by atoms with Crippen molar-refractivity contribution in [3.8, 4) is 40.2 Å². The number of Topliss-reactive ketones (excluding diaryl/α,β-unsaturated/α-hetero) is 2. The van der Waals surface area contributed by atoms with Gasteiger partial charge < -0.3 is 49.2 Å². The second-order valence-electron chi connectivity index (χ2n) is 21.3. The minimum Gasteiger partial charge on any atom is -0.506 e. The molecule has 2 fully saturated rings. The van der Waals surface area contributed by atoms with Crippen LogP contribution in [0.1, 0.15) is 87.1 Å². The number of esters is 1. The van der Waals surface area contributed by atoms with E-state index in [0.29, 0.717) is 110 Å². The van der Waals surface area contributed by atoms with Gasteiger partial charge in [0.2, 0.25) is 0 Å². The van der Waals surface area contributed by atoms with E-state index in [1.54, 1.807) is 91.0 Å². The number of aliphatic hydroxyl groups is 1. The summed E-state index contributed by atoms with van der Waals surface area (Å²) in [4.78, 5) is 46.8. The first-order valence-electron chi connectivity index (χ1n) is 29.5. The maximum atomic E-state index is 12.4. The summed E-state index contributed by atoms with van der Waals surface area (Å²) in [5, 5.41) is 48.4. The van der Waals surface area contributed by atoms with E-state index < -0.39 is 17.8 Å². The smallest absolute Gasteiger partial charge is 0.309 e. The number of benzene rings is 7. The predicted molar refractivity (Wildman–Crippen MR) is 363 cm³/mol. The number of rotatable bonds is 14. The predicted octanol–water partition coefficient (Wildman–Crippen LogP) is 17.6. The maximum Gasteiger partial charge on any atom is 0.309 e. The number of carbonyl (C=O) groups is 4. The molecule has 12 rings (SSSR count). The van der Waals surface area contributed by atoms with Crippen LogP contribution < -0.4 is 18.9 Å². The van der Waals surface area contributed by atoms with Crippen molar-refractivity contribution >= 4 is 105 Å². The summed E-state index contributed by atoms with van der Waals surface area (Å²) < 4.78 is 26.3. The summed E-state index contributed by atoms with van der Waals surface area (Å²) in [5.74, 6) is 0.532. The lowest BCUT2D eigenvalue weighted by molar-refractivity contribution is -0.142. The van der Waals surface area contributed by atoms with Crippen LogP contribution in [0.25, 0.3) is 0 Å². The third kappa shape index (κ3) is 22.0. The van der Waals surface area contributed by atoms with Crippen LogP contribution in [0.2, 0.25) is 35.2 Å². The van der Waals surface area contributed by atoms with Gasteiger partial charge in [-0.2, -0.15) is 0 Å². The molecule has 0 amide bonds. The van der Waals surface area contributed by atoms with Gasteiger partial charge in [0.25, 0.3) is 0 Å². The first-order valence-corrected chi connectivity index (χ1v) is 32.1. The SMILES string of the molecule is C=CCOc1ccccc1Cl.C=CCc1cccc(Cl)c1O.COC(=O)[C@H]1C[C@@H]1C(=O)c1cc(Cl)c2c(c1)CCCO2.Clc1cccc2c1OCCC2.O=C(O)[C@H]1C[C@@H]1C(=O)c1cc(Cl)c2c(c1)CCCO2.OCCCc1cccc(Cl)c1O.Oc1ccccc1Cl. The molecule has 5 N–H and O–H groups in total. The van der Waals surface area contributed by atoms with Gasteiger partial charge in [0, 0.05) is 29.6 Å². The van der Waals surface area contributed by atoms with E-state index in [4.69, 9.17) is 115 Å². The Labute approximate surface area is 570 Å². The highest BCUT2D eigenvalue weighted by atomic mass is 35.5. The van der Waals surface area contributed by atoms with Crippen LogP contribution in [-0.2, 0) is 46.4 Å². The number of hydrogen-bond donors (Lipinski definition) is 5. The Hall–Kier alpha value is -7.11. The molecule has 92 heavy (non-hydrogen) atoms. The van der Waals surface area contributed by atoms with Gasteiger partial charge in [0.1, 0.15) is 46.9 Å². The fourth-order valence-electron chi connectivity index (χ4n) is 9.66. The summed E-state index contributed by atoms with van der Waals surface area (Å²) >= 11 is 40.8. The van der Waals surface area contributed by atoms with E-state index in [1.165, 1.54) is 12.7 Å². The molecule has 7 aromatic rings. The fraction of sp³-hybridized carbons (Fsp3) is 0.296. The number of carbonyl (C=O) groups excluding carboxylic acids is 3. The monoisotopic (exact) mass is 1390 g/mol. The Morgan fingerprint density at radius 2 is 1.00 bits per heavy atom. The molecule has 7 aromatic carbocycles. The van der Waals surface area contributed by atoms with E-state index in [9.17, 15) is 29.4 Å². The van der Waals surface area contributed by atoms with Gasteiger partial charge in [-0.3, -0.25) is 19.2 Å². The van der Waals surface area contributed by atoms with Gasteiger partial charge in [0.15, 0.2) is 11.6 Å². The molecule has 2 aliphatic carbocycles. The second kappa shape index (κ2) is 37.6. The van der Waals surface area contributed by atoms with Crippen molar-refractivity contribution in [3.05, 3.63) is 227 Å². The molecule has 3 heterocycles. The molecular formula is C71H71Cl7O14. The number of hydrogen-bond acceptors (Lipinski definition) is 13. The van der Waals surface area contributed by atoms with Crippen LogP contribution in [0.15, 0.2) is 153 Å². The van der Waals surface area contributed by atoms with E-state index in [0.717, 1.165) is 78.2 Å². The number of carboxylic acids is 1. The number of aliphatic carboxylic acids is 1. The summed E-state index contributed by atoms with van der Waals surface area (Å²) in [6.07, 6.45) is 12.1. The van der Waals surface area contributed by atoms with Crippen molar-refractivity contribution in [1.82, 2.24) is 0 Å². The number of methoxy groups -OCH3 is 1. The van der Waals surface area contributed by atoms with Crippen LogP contribution in [0.4, 0.5) is 0 Å². The van der Waals surface area contributed by atoms with Crippen LogP contribution >= 0.6 is 81.2 Å². The number of ether oxygens (including phenoxy) is 5. The largest absolute Gasteiger partial charge is 0.506 e. The number of halogens is 7. The zero-order valence-corrected chi connectivity index (χ0v) is 55.7. The lowest BCUT2D eigenvalue weighted by Crippen LogP contribution is -2.13. The Morgan fingerprint density at radius 3 is 1.48 bits per heavy atom. The molecular weight excluding hydrogens is 1320 g/mol. The lowest BCUT2D eigenvalue weighted by Gasteiger charge is -2.19. The van der Waals surface area contributed by atoms with Crippen LogP contribution in [-0.4, -0.2) is 89.2 Å². The molecule has 0 aromatic heterocycles. The van der Waals surface area contributed by atoms with Gasteiger partial charge in [-0.25, -0.2) is 0 Å². The van der Waals surface area contributed by atoms with E-state index >= 15 is 0 Å². The summed E-state index contributed by atoms with van der Waals surface area (Å²) in [7, 11) is 1.34. The average molecular weight is 1400 g/mol. The van der Waals surface area contributed by atoms with E-state index in [2.05, 4.69) is 24.0 Å². The highest BCUT2D eigenvalue weighted by molar-refractivity contribution is 6.34. The van der Waals surface area contributed by atoms with Gasteiger partial charge >= 0.3 is 11.9 Å². The van der Waals surface area contributed by atoms with Crippen LogP contribution in [0.3, 0.4) is 0 Å². The number of fused-ring (bicyclic) bond motifs is 3. The minimum atomic E-state index is -0.897. The maximum absolute atomic E-state index is 12.4. The molecule has 5 aliphatic rings. The topological polar surface area (TPSA) is 216 Å². The van der Waals surface area contributed by atoms with Crippen molar-refractivity contribution in [2.45, 2.75) is 70.6 Å². The Balaban J connectivity index is 0.000000174. The fourth-order valence-corrected chi connectivity index (χ4v) is 11.2. The molecule has 2 saturated carbocycles. The number of allylic oxidation sites excluding steroid dienone is 1. The van der Waals surface area contributed by atoms with Crippen LogP contribution in [0, 0.1) is 23.7 Å². The van der Waals surface area contributed by atoms with Crippen molar-refractivity contribution in [1.29, 1.82) is 0 Å². The number of aromatic hydroxyl groups is 3. The van der Waals surface area contributed by atoms with Crippen molar-refractivity contribution < 1.29 is 68.4 Å². The molecule has 21 heteroatoms. The first kappa shape index (κ1) is 73.9. The second-order valence-corrected chi connectivity index (χ2v) is 24.1. The number of ketones is 2. The molecule has 0 radical (unpaired) electrons. The third-order valence-corrected chi connectivity index (χ3v) is 16.7. The van der Waals surface area contributed by atoms with Crippen LogP contribution in [0.5, 0.6) is 40.2 Å². The minimum absolute atomic E-state index is 0.0318. The molecule has 0 unspecified atom stereocenters. The molecule has 0 saturated heterocycles. The third-order valence-electron chi connectivity index (χ3n) is 14.6. The Morgan fingerprint density at radius 1 is 0.533 bits per heavy atom. The Kier molecular flexibility index (Phi) is 30.2. The molecule has 14 nitrogen and oxygen atoms in total. The molecule has 488 valence electrons. The highest BCUT2D eigenvalue weighted by Crippen LogP contribution is 2.45. The standard InChI is InChI=1S/C15H15ClO4.C14H13ClO4.C9H11ClO2.3C9H9ClO.C6H5ClO/c1-19-15(18)11-7-10(11)13(17)9-5-8-3-2-4-20-14(8)12(16)6-9;15-11-5-8(4-7-2-1-3-19-13(7)11)12(16)9-6-10(9)14(17)18;10-8-5-1-3-7(9(8)12)4-2-6-11;10-8-5-1-3-7-4-2-6-11-9(7)8;1-2-7-11-9-6-4-3-5-8(9)10;1-2-4-7-5-3-6-8(10)9(7)11;7-5-3-1-2-4-6(5)8/h5-6,10-11H,2-4,7H2,1H3;4-5,9-10H,1-3,6H2,(H,17,18);1,3,5,11-12H,2,4,6H2;1,3,5H,2,4,6H2;2-6H,1,7H2;2-3,5-6,11H,1,4H2;1-4,8H/t10-,11-;9-,10-;;;;;/m00...../s1. The summed E-state index contributed by atoms with van der Waals surface area (Å²) in [5.41, 5.74) is 5.82. The zero-order chi connectivity index (χ0) is 66.9. The van der Waals surface area contributed by atoms with Gasteiger partial charge in [0.05, 0.1) is 73.9 Å². The number of aliphatic hydroxyl groups excluding tert-OH is 1. The number of carboxylic acid groups (broad SMARTS) is 1. The number of phenolic OH excluding ortho intramolecular Hbond substituents is 3. The van der Waals surface area contributed by atoms with E-state index in [-0.39, 0.29) is 53.2 Å². The summed E-state index contributed by atoms with van der Waals surface area (Å²) in [6, 6.07) is 37.3.